The lowest BCUT2D eigenvalue weighted by atomic mass is 10.2. The molecular formula is C17H20N3O2S+. The number of hydrogen-bond donors (Lipinski definition) is 2. The zero-order valence-corrected chi connectivity index (χ0v) is 14.3. The Morgan fingerprint density at radius 2 is 2.09 bits per heavy atom. The zero-order valence-electron chi connectivity index (χ0n) is 13.5. The van der Waals surface area contributed by atoms with Gasteiger partial charge in [-0.2, -0.15) is 0 Å². The predicted molar refractivity (Wildman–Crippen MR) is 93.7 cm³/mol. The highest BCUT2D eigenvalue weighted by Gasteiger charge is 2.12. The summed E-state index contributed by atoms with van der Waals surface area (Å²) in [6, 6.07) is 9.75. The van der Waals surface area contributed by atoms with E-state index in [0.717, 1.165) is 33.4 Å². The Morgan fingerprint density at radius 3 is 2.83 bits per heavy atom. The molecule has 0 atom stereocenters. The van der Waals surface area contributed by atoms with E-state index in [9.17, 15) is 4.79 Å². The second kappa shape index (κ2) is 6.52. The number of likely N-dealkylation sites (N-methyl/N-ethyl adjacent to an activating group) is 1. The highest BCUT2D eigenvalue weighted by atomic mass is 32.1. The zero-order chi connectivity index (χ0) is 16.4. The molecule has 0 saturated carbocycles. The molecule has 2 N–H and O–H groups in total. The molecule has 1 amide bonds. The second-order valence-corrected chi connectivity index (χ2v) is 6.80. The average Bonchev–Trinajstić information content (AvgIpc) is 2.94. The number of benzene rings is 1. The lowest BCUT2D eigenvalue weighted by Gasteiger charge is -2.07. The van der Waals surface area contributed by atoms with E-state index < -0.39 is 0 Å². The van der Waals surface area contributed by atoms with Gasteiger partial charge >= 0.3 is 0 Å². The monoisotopic (exact) mass is 330 g/mol. The lowest BCUT2D eigenvalue weighted by Crippen LogP contribution is -3.06. The number of ether oxygens (including phenoxy) is 1. The number of aromatic nitrogens is 1. The van der Waals surface area contributed by atoms with Gasteiger partial charge in [0.25, 0.3) is 5.91 Å². The maximum Gasteiger partial charge on any atom is 0.261 e. The smallest absolute Gasteiger partial charge is 0.261 e. The average molecular weight is 330 g/mol. The summed E-state index contributed by atoms with van der Waals surface area (Å²) in [7, 11) is 5.78. The lowest BCUT2D eigenvalue weighted by molar-refractivity contribution is -0.856. The molecule has 0 radical (unpaired) electrons. The maximum atomic E-state index is 12.2. The van der Waals surface area contributed by atoms with Gasteiger partial charge in [-0.25, -0.2) is 4.98 Å². The SMILES string of the molecule is COc1ccc2nc3sc(C(=O)NCC[NH+](C)C)cc3cc2c1. The fourth-order valence-electron chi connectivity index (χ4n) is 2.37. The Kier molecular flexibility index (Phi) is 4.45. The van der Waals surface area contributed by atoms with Gasteiger partial charge in [0.15, 0.2) is 0 Å². The molecule has 1 aromatic carbocycles. The summed E-state index contributed by atoms with van der Waals surface area (Å²) in [5.74, 6) is 0.772. The summed E-state index contributed by atoms with van der Waals surface area (Å²) in [4.78, 5) is 19.8. The van der Waals surface area contributed by atoms with Gasteiger partial charge in [0, 0.05) is 10.8 Å². The molecule has 5 nitrogen and oxygen atoms in total. The van der Waals surface area contributed by atoms with Crippen LogP contribution in [0.15, 0.2) is 30.3 Å². The molecule has 0 bridgehead atoms. The van der Waals surface area contributed by atoms with E-state index in [0.29, 0.717) is 11.4 Å². The fourth-order valence-corrected chi connectivity index (χ4v) is 3.30. The third-order valence-electron chi connectivity index (χ3n) is 3.64. The summed E-state index contributed by atoms with van der Waals surface area (Å²) in [5.41, 5.74) is 0.906. The summed E-state index contributed by atoms with van der Waals surface area (Å²) in [6.45, 7) is 1.57. The van der Waals surface area contributed by atoms with Crippen molar-refractivity contribution < 1.29 is 14.4 Å². The number of carbonyl (C=O) groups is 1. The number of quaternary nitrogens is 1. The second-order valence-electron chi connectivity index (χ2n) is 5.77. The number of carbonyl (C=O) groups excluding carboxylic acids is 1. The third kappa shape index (κ3) is 3.43. The molecule has 3 rings (SSSR count). The molecule has 0 saturated heterocycles. The third-order valence-corrected chi connectivity index (χ3v) is 4.69. The molecule has 0 unspecified atom stereocenters. The van der Waals surface area contributed by atoms with Crippen LogP contribution in [0.5, 0.6) is 5.75 Å². The van der Waals surface area contributed by atoms with Crippen molar-refractivity contribution in [2.45, 2.75) is 0 Å². The summed E-state index contributed by atoms with van der Waals surface area (Å²) in [5, 5.41) is 4.95. The normalized spacial score (nSPS) is 11.3. The first-order valence-electron chi connectivity index (χ1n) is 7.52. The molecular weight excluding hydrogens is 310 g/mol. The molecule has 0 aliphatic heterocycles. The van der Waals surface area contributed by atoms with E-state index in [4.69, 9.17) is 4.74 Å². The molecule has 2 heterocycles. The molecule has 0 spiro atoms. The van der Waals surface area contributed by atoms with Crippen molar-refractivity contribution in [2.24, 2.45) is 0 Å². The van der Waals surface area contributed by atoms with Crippen molar-refractivity contribution in [3.8, 4) is 5.75 Å². The number of nitrogens with one attached hydrogen (secondary N) is 2. The van der Waals surface area contributed by atoms with E-state index in [1.54, 1.807) is 7.11 Å². The first-order valence-corrected chi connectivity index (χ1v) is 8.34. The Hall–Kier alpha value is -2.18. The molecule has 2 aromatic heterocycles. The first kappa shape index (κ1) is 15.7. The standard InChI is InChI=1S/C17H19N3O2S/c1-20(2)7-6-18-16(21)15-10-12-8-11-9-13(22-3)4-5-14(11)19-17(12)23-15/h4-5,8-10H,6-7H2,1-3H3,(H,18,21)/p+1. The highest BCUT2D eigenvalue weighted by Crippen LogP contribution is 2.29. The van der Waals surface area contributed by atoms with E-state index >= 15 is 0 Å². The van der Waals surface area contributed by atoms with Gasteiger partial charge in [-0.15, -0.1) is 11.3 Å². The topological polar surface area (TPSA) is 55.7 Å². The van der Waals surface area contributed by atoms with Gasteiger partial charge in [-0.3, -0.25) is 4.79 Å². The predicted octanol–water partition coefficient (Wildman–Crippen LogP) is 1.33. The van der Waals surface area contributed by atoms with Crippen molar-refractivity contribution in [1.29, 1.82) is 0 Å². The fraction of sp³-hybridized carbons (Fsp3) is 0.294. The number of fused-ring (bicyclic) bond motifs is 2. The number of nitrogens with zero attached hydrogens (tertiary/aromatic N) is 1. The quantitative estimate of drug-likeness (QED) is 0.742. The van der Waals surface area contributed by atoms with E-state index in [1.165, 1.54) is 16.2 Å². The van der Waals surface area contributed by atoms with Gasteiger partial charge in [-0.05, 0) is 30.3 Å². The number of thiophene rings is 1. The van der Waals surface area contributed by atoms with Gasteiger partial charge in [-0.1, -0.05) is 0 Å². The van der Waals surface area contributed by atoms with Crippen LogP contribution in [0.25, 0.3) is 21.1 Å². The summed E-state index contributed by atoms with van der Waals surface area (Å²) < 4.78 is 5.25. The van der Waals surface area contributed by atoms with E-state index in [2.05, 4.69) is 30.5 Å². The van der Waals surface area contributed by atoms with Crippen LogP contribution in [0.2, 0.25) is 0 Å². The molecule has 3 aromatic rings. The highest BCUT2D eigenvalue weighted by molar-refractivity contribution is 7.20. The van der Waals surface area contributed by atoms with Crippen molar-refractivity contribution >= 4 is 38.4 Å². The Bertz CT molecular complexity index is 858. The summed E-state index contributed by atoms with van der Waals surface area (Å²) >= 11 is 1.43. The largest absolute Gasteiger partial charge is 0.497 e. The molecule has 0 fully saturated rings. The van der Waals surface area contributed by atoms with Crippen LogP contribution in [0, 0.1) is 0 Å². The number of pyridine rings is 1. The van der Waals surface area contributed by atoms with Crippen LogP contribution in [0.3, 0.4) is 0 Å². The Labute approximate surface area is 138 Å². The number of hydrogen-bond acceptors (Lipinski definition) is 4. The van der Waals surface area contributed by atoms with Gasteiger partial charge in [0.05, 0.1) is 44.7 Å². The molecule has 23 heavy (non-hydrogen) atoms. The minimum absolute atomic E-state index is 0.0316. The van der Waals surface area contributed by atoms with Crippen LogP contribution >= 0.6 is 11.3 Å². The van der Waals surface area contributed by atoms with Crippen LogP contribution in [0.4, 0.5) is 0 Å². The Morgan fingerprint density at radius 1 is 1.26 bits per heavy atom. The number of amides is 1. The molecule has 120 valence electrons. The van der Waals surface area contributed by atoms with Crippen LogP contribution in [0.1, 0.15) is 9.67 Å². The van der Waals surface area contributed by atoms with Crippen LogP contribution < -0.4 is 15.0 Å². The Balaban J connectivity index is 1.88. The van der Waals surface area contributed by atoms with E-state index in [-0.39, 0.29) is 5.91 Å². The van der Waals surface area contributed by atoms with Crippen molar-refractivity contribution in [2.75, 3.05) is 34.3 Å². The van der Waals surface area contributed by atoms with Gasteiger partial charge in [0.2, 0.25) is 0 Å². The maximum absolute atomic E-state index is 12.2. The first-order chi connectivity index (χ1) is 11.1. The van der Waals surface area contributed by atoms with Crippen LogP contribution in [-0.4, -0.2) is 45.2 Å². The van der Waals surface area contributed by atoms with Crippen LogP contribution in [-0.2, 0) is 0 Å². The number of methoxy groups -OCH3 is 1. The molecule has 0 aliphatic carbocycles. The van der Waals surface area contributed by atoms with Gasteiger partial charge < -0.3 is 15.0 Å². The van der Waals surface area contributed by atoms with E-state index in [1.807, 2.05) is 24.3 Å². The minimum Gasteiger partial charge on any atom is -0.497 e. The van der Waals surface area contributed by atoms with Crippen molar-refractivity contribution in [1.82, 2.24) is 10.3 Å². The van der Waals surface area contributed by atoms with Crippen molar-refractivity contribution in [3.63, 3.8) is 0 Å². The summed E-state index contributed by atoms with van der Waals surface area (Å²) in [6.07, 6.45) is 0. The minimum atomic E-state index is -0.0316. The number of rotatable bonds is 5. The molecule has 0 aliphatic rings. The van der Waals surface area contributed by atoms with Crippen molar-refractivity contribution in [3.05, 3.63) is 35.2 Å². The molecule has 6 heteroatoms. The van der Waals surface area contributed by atoms with Gasteiger partial charge in [0.1, 0.15) is 10.6 Å².